The highest BCUT2D eigenvalue weighted by atomic mass is 16.5. The molecule has 0 N–H and O–H groups in total. The van der Waals surface area contributed by atoms with Crippen LogP contribution in [0.15, 0.2) is 0 Å². The summed E-state index contributed by atoms with van der Waals surface area (Å²) in [5.74, 6) is 9.07. The normalized spacial score (nSPS) is 29.3. The van der Waals surface area contributed by atoms with E-state index in [9.17, 15) is 9.59 Å². The summed E-state index contributed by atoms with van der Waals surface area (Å²) in [4.78, 5) is 23.2. The monoisotopic (exact) mass is 659 g/mol. The van der Waals surface area contributed by atoms with Gasteiger partial charge in [0.1, 0.15) is 0 Å². The molecule has 3 saturated carbocycles. The SMILES string of the molecule is CC[C@@H](CCCC(C)[C@H]1CCC(CCC[C@@H](C)CC(=O)OC)C1)CCC(C)CCC[C@H](C)C1CCC(C2CC[C@H](CC(=O)OC)C2)C1. The molecule has 0 spiro atoms. The van der Waals surface area contributed by atoms with Gasteiger partial charge in [0, 0.05) is 12.8 Å². The molecule has 4 nitrogen and oxygen atoms in total. The van der Waals surface area contributed by atoms with Crippen molar-refractivity contribution in [2.75, 3.05) is 14.2 Å². The van der Waals surface area contributed by atoms with Gasteiger partial charge in [-0.25, -0.2) is 0 Å². The van der Waals surface area contributed by atoms with Crippen molar-refractivity contribution in [2.24, 2.45) is 65.1 Å². The second kappa shape index (κ2) is 21.9. The van der Waals surface area contributed by atoms with E-state index >= 15 is 0 Å². The van der Waals surface area contributed by atoms with E-state index in [1.807, 2.05) is 0 Å². The molecule has 0 heterocycles. The summed E-state index contributed by atoms with van der Waals surface area (Å²) in [7, 11) is 3.02. The van der Waals surface area contributed by atoms with E-state index < -0.39 is 0 Å². The molecule has 3 fully saturated rings. The van der Waals surface area contributed by atoms with E-state index in [4.69, 9.17) is 9.47 Å². The van der Waals surface area contributed by atoms with Gasteiger partial charge in [0.2, 0.25) is 0 Å². The van der Waals surface area contributed by atoms with Crippen molar-refractivity contribution in [2.45, 2.75) is 182 Å². The summed E-state index contributed by atoms with van der Waals surface area (Å²) < 4.78 is 9.76. The van der Waals surface area contributed by atoms with Gasteiger partial charge < -0.3 is 9.47 Å². The van der Waals surface area contributed by atoms with Crippen LogP contribution in [0.1, 0.15) is 182 Å². The molecule has 11 atom stereocenters. The molecular weight excluding hydrogens is 580 g/mol. The topological polar surface area (TPSA) is 52.6 Å². The van der Waals surface area contributed by atoms with Crippen LogP contribution >= 0.6 is 0 Å². The fourth-order valence-electron chi connectivity index (χ4n) is 10.4. The molecule has 0 saturated heterocycles. The molecule has 47 heavy (non-hydrogen) atoms. The van der Waals surface area contributed by atoms with E-state index in [0.717, 1.165) is 59.7 Å². The lowest BCUT2D eigenvalue weighted by atomic mass is 9.82. The van der Waals surface area contributed by atoms with Crippen LogP contribution < -0.4 is 0 Å². The zero-order chi connectivity index (χ0) is 34.2. The minimum atomic E-state index is -0.0603. The lowest BCUT2D eigenvalue weighted by Gasteiger charge is -2.23. The lowest BCUT2D eigenvalue weighted by Crippen LogP contribution is -2.13. The van der Waals surface area contributed by atoms with Gasteiger partial charge in [-0.3, -0.25) is 9.59 Å². The third kappa shape index (κ3) is 14.8. The van der Waals surface area contributed by atoms with E-state index in [-0.39, 0.29) is 11.9 Å². The Morgan fingerprint density at radius 2 is 1.19 bits per heavy atom. The average molecular weight is 659 g/mol. The molecule has 0 aromatic rings. The van der Waals surface area contributed by atoms with Crippen LogP contribution in [-0.4, -0.2) is 26.2 Å². The van der Waals surface area contributed by atoms with E-state index in [1.54, 1.807) is 0 Å². The Morgan fingerprint density at radius 3 is 1.89 bits per heavy atom. The molecule has 0 aromatic carbocycles. The first-order valence-corrected chi connectivity index (χ1v) is 20.7. The third-order valence-electron chi connectivity index (χ3n) is 14.0. The van der Waals surface area contributed by atoms with Crippen LogP contribution in [0, 0.1) is 65.1 Å². The Morgan fingerprint density at radius 1 is 0.596 bits per heavy atom. The number of ether oxygens (including phenoxy) is 2. The van der Waals surface area contributed by atoms with Gasteiger partial charge in [-0.2, -0.15) is 0 Å². The largest absolute Gasteiger partial charge is 0.469 e. The van der Waals surface area contributed by atoms with Gasteiger partial charge in [-0.05, 0) is 116 Å². The number of rotatable bonds is 23. The Kier molecular flexibility index (Phi) is 18.8. The van der Waals surface area contributed by atoms with E-state index in [2.05, 4.69) is 34.6 Å². The van der Waals surface area contributed by atoms with Gasteiger partial charge in [-0.15, -0.1) is 0 Å². The Balaban J connectivity index is 1.21. The first kappa shape index (κ1) is 40.4. The van der Waals surface area contributed by atoms with Crippen molar-refractivity contribution in [1.29, 1.82) is 0 Å². The molecule has 0 bridgehead atoms. The summed E-state index contributed by atoms with van der Waals surface area (Å²) >= 11 is 0. The number of carbonyl (C=O) groups excluding carboxylic acids is 2. The van der Waals surface area contributed by atoms with Crippen LogP contribution in [0.3, 0.4) is 0 Å². The van der Waals surface area contributed by atoms with Crippen LogP contribution in [0.2, 0.25) is 0 Å². The van der Waals surface area contributed by atoms with Crippen LogP contribution in [0.25, 0.3) is 0 Å². The van der Waals surface area contributed by atoms with Gasteiger partial charge in [0.05, 0.1) is 14.2 Å². The highest BCUT2D eigenvalue weighted by molar-refractivity contribution is 5.69. The molecule has 4 heteroatoms. The maximum Gasteiger partial charge on any atom is 0.305 e. The summed E-state index contributed by atoms with van der Waals surface area (Å²) in [5, 5.41) is 0. The minimum Gasteiger partial charge on any atom is -0.469 e. The molecule has 0 aliphatic heterocycles. The number of hydrogen-bond donors (Lipinski definition) is 0. The van der Waals surface area contributed by atoms with Gasteiger partial charge >= 0.3 is 11.9 Å². The van der Waals surface area contributed by atoms with Gasteiger partial charge in [-0.1, -0.05) is 118 Å². The second-order valence-corrected chi connectivity index (χ2v) is 17.6. The molecule has 3 aliphatic carbocycles. The van der Waals surface area contributed by atoms with E-state index in [1.165, 1.54) is 143 Å². The summed E-state index contributed by atoms with van der Waals surface area (Å²) in [5.41, 5.74) is 0. The Labute approximate surface area is 292 Å². The van der Waals surface area contributed by atoms with Crippen molar-refractivity contribution in [1.82, 2.24) is 0 Å². The van der Waals surface area contributed by atoms with Crippen LogP contribution in [0.5, 0.6) is 0 Å². The summed E-state index contributed by atoms with van der Waals surface area (Å²) in [6.45, 7) is 12.2. The van der Waals surface area contributed by atoms with Crippen molar-refractivity contribution in [3.05, 3.63) is 0 Å². The second-order valence-electron chi connectivity index (χ2n) is 17.6. The molecule has 0 amide bonds. The minimum absolute atomic E-state index is 0.0142. The van der Waals surface area contributed by atoms with Crippen LogP contribution in [0.4, 0.5) is 0 Å². The Bertz CT molecular complexity index is 870. The highest BCUT2D eigenvalue weighted by Crippen LogP contribution is 2.48. The van der Waals surface area contributed by atoms with Crippen molar-refractivity contribution < 1.29 is 19.1 Å². The van der Waals surface area contributed by atoms with Gasteiger partial charge in [0.15, 0.2) is 0 Å². The predicted molar refractivity (Wildman–Crippen MR) is 197 cm³/mol. The molecule has 6 unspecified atom stereocenters. The number of esters is 2. The number of methoxy groups -OCH3 is 2. The lowest BCUT2D eigenvalue weighted by molar-refractivity contribution is -0.142. The van der Waals surface area contributed by atoms with Crippen molar-refractivity contribution >= 4 is 11.9 Å². The smallest absolute Gasteiger partial charge is 0.305 e. The fraction of sp³-hybridized carbons (Fsp3) is 0.953. The number of hydrogen-bond acceptors (Lipinski definition) is 4. The molecule has 0 aromatic heterocycles. The Hall–Kier alpha value is -1.06. The fourth-order valence-corrected chi connectivity index (χ4v) is 10.4. The molecule has 3 rings (SSSR count). The molecule has 3 aliphatic rings. The summed E-state index contributed by atoms with van der Waals surface area (Å²) in [6.07, 6.45) is 30.2. The first-order chi connectivity index (χ1) is 22.6. The predicted octanol–water partition coefficient (Wildman–Crippen LogP) is 12.2. The van der Waals surface area contributed by atoms with Crippen molar-refractivity contribution in [3.63, 3.8) is 0 Å². The zero-order valence-corrected chi connectivity index (χ0v) is 32.2. The molecular formula is C43H78O4. The maximum atomic E-state index is 11.7. The third-order valence-corrected chi connectivity index (χ3v) is 14.0. The van der Waals surface area contributed by atoms with Crippen molar-refractivity contribution in [3.8, 4) is 0 Å². The van der Waals surface area contributed by atoms with Gasteiger partial charge in [0.25, 0.3) is 0 Å². The highest BCUT2D eigenvalue weighted by Gasteiger charge is 2.37. The quantitative estimate of drug-likeness (QED) is 0.103. The van der Waals surface area contributed by atoms with E-state index in [0.29, 0.717) is 24.7 Å². The molecule has 274 valence electrons. The molecule has 0 radical (unpaired) electrons. The maximum absolute atomic E-state index is 11.7. The first-order valence-electron chi connectivity index (χ1n) is 20.7. The average Bonchev–Trinajstić information content (AvgIpc) is 3.84. The standard InChI is InChI=1S/C43H78O4/c1-8-35(16-11-15-33(4)38-22-20-36(27-38)17-10-13-32(3)26-42(44)46-6)19-18-31(2)12-9-14-34(5)39-24-25-41(30-39)40-23-21-37(28-40)29-43(45)47-7/h31-41H,8-30H2,1-7H3/t31?,32-,33?,34+,35+,36?,37+,38+,39?,40?,41?/m1/s1. The number of carbonyl (C=O) groups is 2. The zero-order valence-electron chi connectivity index (χ0n) is 32.2. The van der Waals surface area contributed by atoms with Crippen LogP contribution in [-0.2, 0) is 19.1 Å². The summed E-state index contributed by atoms with van der Waals surface area (Å²) in [6, 6.07) is 0.